The zero-order valence-corrected chi connectivity index (χ0v) is 13.1. The molecule has 0 aliphatic heterocycles. The zero-order valence-electron chi connectivity index (χ0n) is 12.3. The summed E-state index contributed by atoms with van der Waals surface area (Å²) in [5, 5.41) is 0.294. The highest BCUT2D eigenvalue weighted by Gasteiger charge is 2.36. The summed E-state index contributed by atoms with van der Waals surface area (Å²) in [6.07, 6.45) is 1.06. The molecule has 0 aromatic carbocycles. The predicted molar refractivity (Wildman–Crippen MR) is 83.2 cm³/mol. The molecule has 0 bridgehead atoms. The highest BCUT2D eigenvalue weighted by atomic mass is 32.1. The van der Waals surface area contributed by atoms with Gasteiger partial charge in [0.2, 0.25) is 0 Å². The van der Waals surface area contributed by atoms with Gasteiger partial charge >= 0.3 is 5.69 Å². The number of aromatic amines is 2. The van der Waals surface area contributed by atoms with E-state index in [1.807, 2.05) is 13.8 Å². The van der Waals surface area contributed by atoms with E-state index in [1.165, 1.54) is 0 Å². The molecular weight excluding hydrogens is 288 g/mol. The SMILES string of the molecule is CC(C)Cn1c(=O)[nH]c(=O)c2c(=S)nc(C3CC3C)[nH]c21. The third kappa shape index (κ3) is 2.46. The monoisotopic (exact) mass is 306 g/mol. The first-order chi connectivity index (χ1) is 9.88. The summed E-state index contributed by atoms with van der Waals surface area (Å²) in [4.78, 5) is 34.0. The molecule has 2 aromatic heterocycles. The van der Waals surface area contributed by atoms with Gasteiger partial charge in [0, 0.05) is 12.5 Å². The van der Waals surface area contributed by atoms with Crippen LogP contribution in [0.4, 0.5) is 0 Å². The lowest BCUT2D eigenvalue weighted by Crippen LogP contribution is -2.32. The molecule has 2 unspecified atom stereocenters. The minimum atomic E-state index is -0.473. The van der Waals surface area contributed by atoms with Gasteiger partial charge in [-0.3, -0.25) is 14.3 Å². The second-order valence-electron chi connectivity index (χ2n) is 6.23. The summed E-state index contributed by atoms with van der Waals surface area (Å²) in [5.74, 6) is 1.96. The fourth-order valence-electron chi connectivity index (χ4n) is 2.63. The number of H-pyrrole nitrogens is 2. The molecule has 1 aliphatic rings. The third-order valence-electron chi connectivity index (χ3n) is 3.89. The number of hydrogen-bond acceptors (Lipinski definition) is 4. The minimum absolute atomic E-state index is 0.261. The van der Waals surface area contributed by atoms with Gasteiger partial charge < -0.3 is 4.98 Å². The molecule has 1 aliphatic carbocycles. The molecule has 0 saturated heterocycles. The summed E-state index contributed by atoms with van der Waals surface area (Å²) in [7, 11) is 0. The van der Waals surface area contributed by atoms with Gasteiger partial charge in [-0.2, -0.15) is 0 Å². The Morgan fingerprint density at radius 3 is 2.62 bits per heavy atom. The van der Waals surface area contributed by atoms with Crippen molar-refractivity contribution in [2.45, 2.75) is 39.7 Å². The van der Waals surface area contributed by atoms with Crippen molar-refractivity contribution in [1.29, 1.82) is 0 Å². The van der Waals surface area contributed by atoms with E-state index in [0.717, 1.165) is 12.2 Å². The van der Waals surface area contributed by atoms with Crippen molar-refractivity contribution in [2.24, 2.45) is 11.8 Å². The van der Waals surface area contributed by atoms with Crippen LogP contribution in [0.2, 0.25) is 0 Å². The molecule has 3 rings (SSSR count). The number of nitrogens with one attached hydrogen (secondary N) is 2. The molecule has 21 heavy (non-hydrogen) atoms. The first-order valence-electron chi connectivity index (χ1n) is 7.15. The van der Waals surface area contributed by atoms with Gasteiger partial charge in [0.05, 0.1) is 0 Å². The van der Waals surface area contributed by atoms with Crippen LogP contribution < -0.4 is 11.2 Å². The molecule has 0 spiro atoms. The first kappa shape index (κ1) is 14.2. The van der Waals surface area contributed by atoms with Crippen LogP contribution in [0.1, 0.15) is 38.9 Å². The Bertz CT molecular complexity index is 877. The number of aromatic nitrogens is 4. The maximum atomic E-state index is 12.1. The molecule has 0 amide bonds. The van der Waals surface area contributed by atoms with Gasteiger partial charge in [-0.1, -0.05) is 33.0 Å². The molecule has 2 aromatic rings. The van der Waals surface area contributed by atoms with Crippen molar-refractivity contribution in [3.8, 4) is 0 Å². The smallest absolute Gasteiger partial charge is 0.329 e. The Kier molecular flexibility index (Phi) is 3.32. The number of hydrogen-bond donors (Lipinski definition) is 2. The van der Waals surface area contributed by atoms with Crippen molar-refractivity contribution in [3.05, 3.63) is 31.3 Å². The van der Waals surface area contributed by atoms with Gasteiger partial charge in [-0.25, -0.2) is 9.78 Å². The highest BCUT2D eigenvalue weighted by molar-refractivity contribution is 7.71. The van der Waals surface area contributed by atoms with Gasteiger partial charge in [-0.05, 0) is 18.3 Å². The van der Waals surface area contributed by atoms with E-state index in [-0.39, 0.29) is 10.6 Å². The van der Waals surface area contributed by atoms with Gasteiger partial charge in [0.1, 0.15) is 21.5 Å². The largest absolute Gasteiger partial charge is 0.329 e. The molecular formula is C14H18N4O2S. The first-order valence-corrected chi connectivity index (χ1v) is 7.56. The third-order valence-corrected chi connectivity index (χ3v) is 4.19. The fourth-order valence-corrected chi connectivity index (χ4v) is 2.92. The molecule has 2 N–H and O–H groups in total. The Morgan fingerprint density at radius 1 is 1.38 bits per heavy atom. The summed E-state index contributed by atoms with van der Waals surface area (Å²) >= 11 is 5.26. The molecule has 2 heterocycles. The van der Waals surface area contributed by atoms with Crippen molar-refractivity contribution in [3.63, 3.8) is 0 Å². The quantitative estimate of drug-likeness (QED) is 0.849. The number of nitrogens with zero attached hydrogens (tertiary/aromatic N) is 2. The van der Waals surface area contributed by atoms with E-state index >= 15 is 0 Å². The normalized spacial score (nSPS) is 21.1. The Labute approximate surface area is 126 Å². The summed E-state index contributed by atoms with van der Waals surface area (Å²) < 4.78 is 1.81. The molecule has 112 valence electrons. The average Bonchev–Trinajstić information content (AvgIpc) is 3.10. The Hall–Kier alpha value is -1.76. The van der Waals surface area contributed by atoms with E-state index in [9.17, 15) is 9.59 Å². The van der Waals surface area contributed by atoms with Crippen LogP contribution in [0, 0.1) is 16.5 Å². The molecule has 1 fully saturated rings. The van der Waals surface area contributed by atoms with Crippen molar-refractivity contribution in [1.82, 2.24) is 19.5 Å². The second kappa shape index (κ2) is 4.91. The van der Waals surface area contributed by atoms with Crippen LogP contribution in [-0.4, -0.2) is 19.5 Å². The Balaban J connectivity index is 2.34. The lowest BCUT2D eigenvalue weighted by molar-refractivity contribution is 0.512. The van der Waals surface area contributed by atoms with Crippen molar-refractivity contribution >= 4 is 23.3 Å². The molecule has 0 radical (unpaired) electrons. The lowest BCUT2D eigenvalue weighted by Gasteiger charge is -2.12. The second-order valence-corrected chi connectivity index (χ2v) is 6.62. The van der Waals surface area contributed by atoms with E-state index in [4.69, 9.17) is 12.2 Å². The maximum Gasteiger partial charge on any atom is 0.329 e. The van der Waals surface area contributed by atoms with Gasteiger partial charge in [0.25, 0.3) is 5.56 Å². The van der Waals surface area contributed by atoms with Gasteiger partial charge in [0.15, 0.2) is 0 Å². The van der Waals surface area contributed by atoms with Crippen molar-refractivity contribution in [2.75, 3.05) is 0 Å². The molecule has 6 nitrogen and oxygen atoms in total. The lowest BCUT2D eigenvalue weighted by atomic mass is 10.2. The maximum absolute atomic E-state index is 12.1. The number of fused-ring (bicyclic) bond motifs is 1. The number of rotatable bonds is 3. The topological polar surface area (TPSA) is 83.5 Å². The Morgan fingerprint density at radius 2 is 2.05 bits per heavy atom. The van der Waals surface area contributed by atoms with Crippen LogP contribution in [0.15, 0.2) is 9.59 Å². The van der Waals surface area contributed by atoms with E-state index in [2.05, 4.69) is 21.9 Å². The van der Waals surface area contributed by atoms with E-state index < -0.39 is 11.2 Å². The molecule has 1 saturated carbocycles. The zero-order chi connectivity index (χ0) is 15.3. The molecule has 2 atom stereocenters. The van der Waals surface area contributed by atoms with Crippen LogP contribution in [0.5, 0.6) is 0 Å². The van der Waals surface area contributed by atoms with E-state index in [1.54, 1.807) is 4.57 Å². The van der Waals surface area contributed by atoms with Crippen LogP contribution >= 0.6 is 12.2 Å². The predicted octanol–water partition coefficient (Wildman–Crippen LogP) is 1.92. The van der Waals surface area contributed by atoms with Crippen molar-refractivity contribution < 1.29 is 0 Å². The fraction of sp³-hybridized carbons (Fsp3) is 0.571. The summed E-state index contributed by atoms with van der Waals surface area (Å²) in [6, 6.07) is 0. The van der Waals surface area contributed by atoms with Crippen LogP contribution in [-0.2, 0) is 6.54 Å². The highest BCUT2D eigenvalue weighted by Crippen LogP contribution is 2.45. The van der Waals surface area contributed by atoms with Crippen LogP contribution in [0.25, 0.3) is 11.0 Å². The van der Waals surface area contributed by atoms with E-state index in [0.29, 0.717) is 29.4 Å². The standard InChI is InChI=1S/C14H18N4O2S/c1-6(2)5-18-11-9(12(19)17-14(18)20)13(21)16-10(15-11)8-4-7(8)3/h6-8H,4-5H2,1-3H3,(H,15,16,21)(H,17,19,20). The summed E-state index contributed by atoms with van der Waals surface area (Å²) in [5.41, 5.74) is -0.390. The van der Waals surface area contributed by atoms with Crippen LogP contribution in [0.3, 0.4) is 0 Å². The average molecular weight is 306 g/mol. The summed E-state index contributed by atoms with van der Waals surface area (Å²) in [6.45, 7) is 6.69. The minimum Gasteiger partial charge on any atom is -0.329 e. The molecule has 7 heteroatoms. The van der Waals surface area contributed by atoms with Gasteiger partial charge in [-0.15, -0.1) is 0 Å².